The van der Waals surface area contributed by atoms with Crippen LogP contribution in [0.3, 0.4) is 0 Å². The van der Waals surface area contributed by atoms with Gasteiger partial charge in [0.2, 0.25) is 0 Å². The number of nitrogens with one attached hydrogen (secondary N) is 1. The Morgan fingerprint density at radius 3 is 2.20 bits per heavy atom. The van der Waals surface area contributed by atoms with Crippen molar-refractivity contribution < 1.29 is 9.84 Å². The van der Waals surface area contributed by atoms with Gasteiger partial charge in [-0.1, -0.05) is 65.7 Å². The van der Waals surface area contributed by atoms with Gasteiger partial charge in [0.1, 0.15) is 0 Å². The number of unbranched alkanes of at least 4 members (excludes halogenated alkanes) is 5. The summed E-state index contributed by atoms with van der Waals surface area (Å²) in [5, 5.41) is 13.1. The Hall–Kier alpha value is -0.120. The molecule has 0 saturated heterocycles. The van der Waals surface area contributed by atoms with Crippen molar-refractivity contribution in [1.82, 2.24) is 5.32 Å². The molecule has 0 aromatic rings. The van der Waals surface area contributed by atoms with E-state index in [0.717, 1.165) is 25.5 Å². The maximum absolute atomic E-state index is 9.79. The van der Waals surface area contributed by atoms with Gasteiger partial charge in [0.25, 0.3) is 0 Å². The Morgan fingerprint density at radius 2 is 1.55 bits per heavy atom. The summed E-state index contributed by atoms with van der Waals surface area (Å²) in [6.07, 6.45) is 9.72. The smallest absolute Gasteiger partial charge is 0.0897 e. The van der Waals surface area contributed by atoms with E-state index < -0.39 is 0 Å². The second kappa shape index (κ2) is 15.3. The Labute approximate surface area is 126 Å². The quantitative estimate of drug-likeness (QED) is 0.451. The lowest BCUT2D eigenvalue weighted by Gasteiger charge is -2.16. The Kier molecular flexibility index (Phi) is 15.2. The number of hydrogen-bond acceptors (Lipinski definition) is 3. The van der Waals surface area contributed by atoms with E-state index in [1.807, 2.05) is 0 Å². The van der Waals surface area contributed by atoms with Gasteiger partial charge in [-0.2, -0.15) is 0 Å². The molecule has 1 unspecified atom stereocenters. The second-order valence-electron chi connectivity index (χ2n) is 5.84. The highest BCUT2D eigenvalue weighted by molar-refractivity contribution is 4.63. The zero-order valence-electron chi connectivity index (χ0n) is 14.0. The topological polar surface area (TPSA) is 41.5 Å². The van der Waals surface area contributed by atoms with E-state index in [-0.39, 0.29) is 6.10 Å². The zero-order chi connectivity index (χ0) is 15.1. The normalized spacial score (nSPS) is 13.1. The summed E-state index contributed by atoms with van der Waals surface area (Å²) in [5.41, 5.74) is 0. The molecule has 0 aliphatic carbocycles. The molecule has 3 nitrogen and oxygen atoms in total. The number of aliphatic hydroxyl groups excluding tert-OH is 1. The van der Waals surface area contributed by atoms with Crippen molar-refractivity contribution in [3.63, 3.8) is 0 Å². The van der Waals surface area contributed by atoms with Crippen LogP contribution in [-0.4, -0.2) is 37.5 Å². The van der Waals surface area contributed by atoms with Gasteiger partial charge in [-0.05, 0) is 18.9 Å². The van der Waals surface area contributed by atoms with Gasteiger partial charge in [0, 0.05) is 13.2 Å². The third-order valence-electron chi connectivity index (χ3n) is 3.92. The van der Waals surface area contributed by atoms with Gasteiger partial charge in [-0.25, -0.2) is 0 Å². The molecule has 0 aromatic carbocycles. The van der Waals surface area contributed by atoms with Crippen LogP contribution >= 0.6 is 0 Å². The SMILES string of the molecule is CCCCCCCCOCC(O)CNCC(CC)CC. The molecule has 20 heavy (non-hydrogen) atoms. The molecule has 0 bridgehead atoms. The first-order valence-corrected chi connectivity index (χ1v) is 8.71. The minimum absolute atomic E-state index is 0.371. The van der Waals surface area contributed by atoms with E-state index >= 15 is 0 Å². The highest BCUT2D eigenvalue weighted by Crippen LogP contribution is 2.06. The van der Waals surface area contributed by atoms with Gasteiger partial charge >= 0.3 is 0 Å². The Morgan fingerprint density at radius 1 is 0.900 bits per heavy atom. The molecular weight excluding hydrogens is 250 g/mol. The molecule has 0 spiro atoms. The molecule has 0 heterocycles. The van der Waals surface area contributed by atoms with Gasteiger partial charge in [0.05, 0.1) is 12.7 Å². The summed E-state index contributed by atoms with van der Waals surface area (Å²) in [6.45, 7) is 9.57. The van der Waals surface area contributed by atoms with Crippen LogP contribution in [0.25, 0.3) is 0 Å². The molecule has 122 valence electrons. The van der Waals surface area contributed by atoms with Crippen molar-refractivity contribution in [2.75, 3.05) is 26.3 Å². The fourth-order valence-corrected chi connectivity index (χ4v) is 2.29. The fraction of sp³-hybridized carbons (Fsp3) is 1.00. The standard InChI is InChI=1S/C17H37NO2/c1-4-7-8-9-10-11-12-20-15-17(19)14-18-13-16(5-2)6-3/h16-19H,4-15H2,1-3H3. The van der Waals surface area contributed by atoms with Gasteiger partial charge in [0.15, 0.2) is 0 Å². The van der Waals surface area contributed by atoms with Crippen molar-refractivity contribution in [2.24, 2.45) is 5.92 Å². The highest BCUT2D eigenvalue weighted by Gasteiger charge is 2.06. The molecular formula is C17H37NO2. The maximum atomic E-state index is 9.79. The number of ether oxygens (including phenoxy) is 1. The molecule has 3 heteroatoms. The molecule has 0 radical (unpaired) electrons. The average molecular weight is 287 g/mol. The summed E-state index contributed by atoms with van der Waals surface area (Å²) in [7, 11) is 0. The molecule has 2 N–H and O–H groups in total. The molecule has 0 aliphatic heterocycles. The lowest BCUT2D eigenvalue weighted by atomic mass is 10.0. The molecule has 0 amide bonds. The minimum Gasteiger partial charge on any atom is -0.389 e. The maximum Gasteiger partial charge on any atom is 0.0897 e. The summed E-state index contributed by atoms with van der Waals surface area (Å²) < 4.78 is 5.52. The molecule has 0 aliphatic rings. The first kappa shape index (κ1) is 19.9. The summed E-state index contributed by atoms with van der Waals surface area (Å²) >= 11 is 0. The predicted molar refractivity (Wildman–Crippen MR) is 87.1 cm³/mol. The van der Waals surface area contributed by atoms with Crippen molar-refractivity contribution in [1.29, 1.82) is 0 Å². The van der Waals surface area contributed by atoms with E-state index in [1.165, 1.54) is 44.9 Å². The van der Waals surface area contributed by atoms with Crippen molar-refractivity contribution in [3.05, 3.63) is 0 Å². The van der Waals surface area contributed by atoms with Gasteiger partial charge in [-0.3, -0.25) is 0 Å². The average Bonchev–Trinajstić information content (AvgIpc) is 2.46. The first-order valence-electron chi connectivity index (χ1n) is 8.71. The molecule has 1 atom stereocenters. The lowest BCUT2D eigenvalue weighted by Crippen LogP contribution is -2.33. The zero-order valence-corrected chi connectivity index (χ0v) is 14.0. The molecule has 0 rings (SSSR count). The van der Waals surface area contributed by atoms with Crippen LogP contribution in [0, 0.1) is 5.92 Å². The number of aliphatic hydroxyl groups is 1. The molecule has 0 aromatic heterocycles. The van der Waals surface area contributed by atoms with Crippen molar-refractivity contribution in [2.45, 2.75) is 78.2 Å². The van der Waals surface area contributed by atoms with E-state index in [4.69, 9.17) is 4.74 Å². The highest BCUT2D eigenvalue weighted by atomic mass is 16.5. The van der Waals surface area contributed by atoms with Crippen LogP contribution < -0.4 is 5.32 Å². The van der Waals surface area contributed by atoms with E-state index in [9.17, 15) is 5.11 Å². The van der Waals surface area contributed by atoms with Gasteiger partial charge in [-0.15, -0.1) is 0 Å². The van der Waals surface area contributed by atoms with Crippen molar-refractivity contribution in [3.8, 4) is 0 Å². The summed E-state index contributed by atoms with van der Waals surface area (Å²) in [5.74, 6) is 0.728. The molecule has 0 fully saturated rings. The fourth-order valence-electron chi connectivity index (χ4n) is 2.29. The van der Waals surface area contributed by atoms with Crippen LogP contribution in [0.15, 0.2) is 0 Å². The lowest BCUT2D eigenvalue weighted by molar-refractivity contribution is 0.0350. The summed E-state index contributed by atoms with van der Waals surface area (Å²) in [4.78, 5) is 0. The minimum atomic E-state index is -0.371. The monoisotopic (exact) mass is 287 g/mol. The Balaban J connectivity index is 3.26. The first-order chi connectivity index (χ1) is 9.74. The predicted octanol–water partition coefficient (Wildman–Crippen LogP) is 3.75. The van der Waals surface area contributed by atoms with Gasteiger partial charge < -0.3 is 15.2 Å². The third-order valence-corrected chi connectivity index (χ3v) is 3.92. The third kappa shape index (κ3) is 12.9. The van der Waals surface area contributed by atoms with E-state index in [2.05, 4.69) is 26.1 Å². The van der Waals surface area contributed by atoms with Crippen LogP contribution in [0.1, 0.15) is 72.1 Å². The molecule has 0 saturated carbocycles. The number of hydrogen-bond donors (Lipinski definition) is 2. The second-order valence-corrected chi connectivity index (χ2v) is 5.84. The summed E-state index contributed by atoms with van der Waals surface area (Å²) in [6, 6.07) is 0. The largest absolute Gasteiger partial charge is 0.389 e. The van der Waals surface area contributed by atoms with Crippen LogP contribution in [0.5, 0.6) is 0 Å². The van der Waals surface area contributed by atoms with E-state index in [1.54, 1.807) is 0 Å². The van der Waals surface area contributed by atoms with Crippen molar-refractivity contribution >= 4 is 0 Å². The van der Waals surface area contributed by atoms with E-state index in [0.29, 0.717) is 13.2 Å². The Bertz CT molecular complexity index is 184. The van der Waals surface area contributed by atoms with Crippen LogP contribution in [0.2, 0.25) is 0 Å². The number of rotatable bonds is 15. The van der Waals surface area contributed by atoms with Crippen LogP contribution in [-0.2, 0) is 4.74 Å². The van der Waals surface area contributed by atoms with Crippen LogP contribution in [0.4, 0.5) is 0 Å².